The molecule has 1 aromatic heterocycles. The fourth-order valence-corrected chi connectivity index (χ4v) is 2.73. The first kappa shape index (κ1) is 17.7. The van der Waals surface area contributed by atoms with Gasteiger partial charge in [-0.1, -0.05) is 18.2 Å². The molecule has 0 spiro atoms. The average Bonchev–Trinajstić information content (AvgIpc) is 3.03. The van der Waals surface area contributed by atoms with Crippen LogP contribution in [0.5, 0.6) is 0 Å². The number of halogens is 1. The van der Waals surface area contributed by atoms with Crippen molar-refractivity contribution in [3.8, 4) is 5.69 Å². The number of aryl methyl sites for hydroxylation is 1. The lowest BCUT2D eigenvalue weighted by Crippen LogP contribution is -2.32. The summed E-state index contributed by atoms with van der Waals surface area (Å²) >= 11 is 0. The van der Waals surface area contributed by atoms with Gasteiger partial charge in [0.1, 0.15) is 11.9 Å². The number of rotatable bonds is 5. The molecule has 2 aromatic carbocycles. The molecule has 0 fully saturated rings. The zero-order valence-corrected chi connectivity index (χ0v) is 14.7. The summed E-state index contributed by atoms with van der Waals surface area (Å²) in [6.45, 7) is 1.79. The van der Waals surface area contributed by atoms with Crippen molar-refractivity contribution in [2.24, 2.45) is 0 Å². The molecule has 1 atom stereocenters. The summed E-state index contributed by atoms with van der Waals surface area (Å²) in [5.74, 6) is 0.0920. The van der Waals surface area contributed by atoms with Crippen LogP contribution >= 0.6 is 0 Å². The van der Waals surface area contributed by atoms with Crippen LogP contribution in [0.25, 0.3) is 5.69 Å². The Morgan fingerprint density at radius 2 is 1.92 bits per heavy atom. The van der Waals surface area contributed by atoms with E-state index in [9.17, 15) is 9.18 Å². The van der Waals surface area contributed by atoms with E-state index >= 15 is 0 Å². The second kappa shape index (κ2) is 7.40. The molecule has 0 saturated carbocycles. The number of aromatic nitrogens is 4. The molecule has 3 rings (SSSR count). The zero-order valence-electron chi connectivity index (χ0n) is 14.7. The molecule has 1 N–H and O–H groups in total. The Hall–Kier alpha value is -3.13. The number of hydrogen-bond acceptors (Lipinski definition) is 5. The van der Waals surface area contributed by atoms with E-state index in [1.807, 2.05) is 12.1 Å². The lowest BCUT2D eigenvalue weighted by Gasteiger charge is -2.24. The highest BCUT2D eigenvalue weighted by Crippen LogP contribution is 2.22. The van der Waals surface area contributed by atoms with Crippen molar-refractivity contribution in [2.75, 3.05) is 19.4 Å². The highest BCUT2D eigenvalue weighted by Gasteiger charge is 2.23. The first-order chi connectivity index (χ1) is 12.5. The predicted molar refractivity (Wildman–Crippen MR) is 95.3 cm³/mol. The normalized spacial score (nSPS) is 12.2. The third-order valence-electron chi connectivity index (χ3n) is 3.93. The van der Waals surface area contributed by atoms with Gasteiger partial charge in [0, 0.05) is 5.69 Å². The Morgan fingerprint density at radius 3 is 2.54 bits per heavy atom. The molecule has 0 aliphatic rings. The molecule has 0 saturated heterocycles. The zero-order chi connectivity index (χ0) is 18.7. The second-order valence-corrected chi connectivity index (χ2v) is 6.10. The number of carbonyl (C=O) groups is 1. The number of anilines is 1. The van der Waals surface area contributed by atoms with Gasteiger partial charge in [0.25, 0.3) is 0 Å². The first-order valence-corrected chi connectivity index (χ1v) is 8.04. The third-order valence-corrected chi connectivity index (χ3v) is 3.93. The van der Waals surface area contributed by atoms with E-state index in [2.05, 4.69) is 20.8 Å². The number of carbonyl (C=O) groups excluding carboxylic acids is 1. The van der Waals surface area contributed by atoms with Gasteiger partial charge in [-0.25, -0.2) is 4.39 Å². The van der Waals surface area contributed by atoms with Gasteiger partial charge in [0.15, 0.2) is 5.82 Å². The van der Waals surface area contributed by atoms with Gasteiger partial charge in [-0.15, -0.1) is 5.10 Å². The highest BCUT2D eigenvalue weighted by atomic mass is 19.1. The largest absolute Gasteiger partial charge is 0.324 e. The van der Waals surface area contributed by atoms with Gasteiger partial charge in [-0.2, -0.15) is 4.68 Å². The van der Waals surface area contributed by atoms with Gasteiger partial charge in [0.2, 0.25) is 5.91 Å². The van der Waals surface area contributed by atoms with Crippen molar-refractivity contribution in [3.05, 3.63) is 65.7 Å². The van der Waals surface area contributed by atoms with Gasteiger partial charge >= 0.3 is 0 Å². The molecule has 26 heavy (non-hydrogen) atoms. The van der Waals surface area contributed by atoms with Crippen LogP contribution in [-0.4, -0.2) is 45.1 Å². The summed E-state index contributed by atoms with van der Waals surface area (Å²) in [5, 5.41) is 14.3. The molecule has 7 nitrogen and oxygen atoms in total. The summed E-state index contributed by atoms with van der Waals surface area (Å²) in [7, 11) is 3.60. The summed E-state index contributed by atoms with van der Waals surface area (Å²) < 4.78 is 14.8. The number of hydrogen-bond donors (Lipinski definition) is 1. The minimum atomic E-state index is -0.547. The standard InChI is InChI=1S/C18H19FN6O/c1-12-21-22-23-25(12)16-6-4-5-15(11-16)20-18(26)17(24(2)3)13-7-9-14(19)10-8-13/h4-11,17H,1-3H3,(H,20,26). The van der Waals surface area contributed by atoms with Gasteiger partial charge < -0.3 is 5.32 Å². The smallest absolute Gasteiger partial charge is 0.246 e. The SMILES string of the molecule is Cc1nnnn1-c1cccc(NC(=O)C(c2ccc(F)cc2)N(C)C)c1. The summed E-state index contributed by atoms with van der Waals surface area (Å²) in [6, 6.07) is 12.6. The van der Waals surface area contributed by atoms with Gasteiger partial charge in [-0.3, -0.25) is 9.69 Å². The molecular weight excluding hydrogens is 335 g/mol. The topological polar surface area (TPSA) is 75.9 Å². The molecule has 0 bridgehead atoms. The molecule has 3 aromatic rings. The Morgan fingerprint density at radius 1 is 1.19 bits per heavy atom. The van der Waals surface area contributed by atoms with E-state index in [1.54, 1.807) is 54.9 Å². The molecule has 0 aliphatic heterocycles. The Kier molecular flexibility index (Phi) is 5.04. The number of nitrogens with zero attached hydrogens (tertiary/aromatic N) is 5. The lowest BCUT2D eigenvalue weighted by atomic mass is 10.0. The minimum absolute atomic E-state index is 0.216. The minimum Gasteiger partial charge on any atom is -0.324 e. The fourth-order valence-electron chi connectivity index (χ4n) is 2.73. The van der Waals surface area contributed by atoms with E-state index in [0.717, 1.165) is 5.69 Å². The number of nitrogens with one attached hydrogen (secondary N) is 1. The molecule has 0 radical (unpaired) electrons. The van der Waals surface area contributed by atoms with Crippen LogP contribution in [0.2, 0.25) is 0 Å². The maximum atomic E-state index is 13.2. The van der Waals surface area contributed by atoms with Crippen molar-refractivity contribution >= 4 is 11.6 Å². The number of likely N-dealkylation sites (N-methyl/N-ethyl adjacent to an activating group) is 1. The Labute approximate surface area is 150 Å². The van der Waals surface area contributed by atoms with Crippen molar-refractivity contribution in [2.45, 2.75) is 13.0 Å². The van der Waals surface area contributed by atoms with Gasteiger partial charge in [0.05, 0.1) is 5.69 Å². The third kappa shape index (κ3) is 3.75. The molecule has 134 valence electrons. The number of tetrazole rings is 1. The Balaban J connectivity index is 1.84. The highest BCUT2D eigenvalue weighted by molar-refractivity contribution is 5.95. The van der Waals surface area contributed by atoms with Crippen LogP contribution < -0.4 is 5.32 Å². The van der Waals surface area contributed by atoms with Crippen LogP contribution in [0.3, 0.4) is 0 Å². The van der Waals surface area contributed by atoms with E-state index in [4.69, 9.17) is 0 Å². The molecule has 0 aliphatic carbocycles. The van der Waals surface area contributed by atoms with E-state index in [-0.39, 0.29) is 11.7 Å². The number of benzene rings is 2. The summed E-state index contributed by atoms with van der Waals surface area (Å²) in [6.07, 6.45) is 0. The van der Waals surface area contributed by atoms with Crippen LogP contribution in [0.15, 0.2) is 48.5 Å². The molecule has 1 heterocycles. The average molecular weight is 354 g/mol. The van der Waals surface area contributed by atoms with E-state index in [0.29, 0.717) is 17.1 Å². The van der Waals surface area contributed by atoms with Crippen molar-refractivity contribution in [3.63, 3.8) is 0 Å². The van der Waals surface area contributed by atoms with E-state index in [1.165, 1.54) is 12.1 Å². The molecule has 8 heteroatoms. The number of amides is 1. The first-order valence-electron chi connectivity index (χ1n) is 8.04. The maximum Gasteiger partial charge on any atom is 0.246 e. The molecule has 1 unspecified atom stereocenters. The lowest BCUT2D eigenvalue weighted by molar-refractivity contribution is -0.120. The van der Waals surface area contributed by atoms with Crippen molar-refractivity contribution in [1.29, 1.82) is 0 Å². The van der Waals surface area contributed by atoms with Crippen molar-refractivity contribution in [1.82, 2.24) is 25.1 Å². The van der Waals surface area contributed by atoms with Gasteiger partial charge in [-0.05, 0) is 67.3 Å². The Bertz CT molecular complexity index is 906. The fraction of sp³-hybridized carbons (Fsp3) is 0.222. The summed E-state index contributed by atoms with van der Waals surface area (Å²) in [4.78, 5) is 14.6. The van der Waals surface area contributed by atoms with E-state index < -0.39 is 6.04 Å². The van der Waals surface area contributed by atoms with Crippen molar-refractivity contribution < 1.29 is 9.18 Å². The van der Waals surface area contributed by atoms with Crippen LogP contribution in [-0.2, 0) is 4.79 Å². The predicted octanol–water partition coefficient (Wildman–Crippen LogP) is 2.35. The second-order valence-electron chi connectivity index (χ2n) is 6.10. The van der Waals surface area contributed by atoms with Crippen LogP contribution in [0, 0.1) is 12.7 Å². The monoisotopic (exact) mass is 354 g/mol. The molecular formula is C18H19FN6O. The maximum absolute atomic E-state index is 13.2. The molecule has 1 amide bonds. The summed E-state index contributed by atoms with van der Waals surface area (Å²) in [5.41, 5.74) is 2.08. The van der Waals surface area contributed by atoms with Crippen LogP contribution in [0.1, 0.15) is 17.4 Å². The quantitative estimate of drug-likeness (QED) is 0.761. The van der Waals surface area contributed by atoms with Crippen LogP contribution in [0.4, 0.5) is 10.1 Å².